The molecule has 1 spiro atoms. The standard InChI is InChI=1S/C68H53N3/c1-3-5-24-46(4-2)51-39-52(48-27-13-8-14-28-48)42-55(41-51)66-69-65(70-67(71-66)56-43-53(47-25-11-6-7-12-26-47)40-54(44-56)49-29-15-9-16-30-49)50-31-23-35-60-59-34-20-22-38-63(59)68(64(60)45-50)61-36-18-10-17-32-57(61)58-33-19-21-37-62(58)68/h3,5-6,8-31,33-34,36-45H,4,7,32,35H2,1-2H3/b5-3-,46-24+. The molecule has 1 atom stereocenters. The van der Waals surface area contributed by atoms with Crippen LogP contribution in [0.3, 0.4) is 0 Å². The number of allylic oxidation sites excluding steroid dienone is 22. The molecule has 6 aromatic carbocycles. The van der Waals surface area contributed by atoms with Crippen molar-refractivity contribution in [1.82, 2.24) is 15.0 Å². The second-order valence-corrected chi connectivity index (χ2v) is 18.7. The Balaban J connectivity index is 1.12. The van der Waals surface area contributed by atoms with E-state index in [1.54, 1.807) is 0 Å². The molecule has 7 aromatic rings. The lowest BCUT2D eigenvalue weighted by Gasteiger charge is -2.33. The van der Waals surface area contributed by atoms with E-state index in [2.05, 4.69) is 251 Å². The molecular weight excluding hydrogens is 859 g/mol. The number of benzene rings is 6. The van der Waals surface area contributed by atoms with E-state index in [4.69, 9.17) is 15.0 Å². The second-order valence-electron chi connectivity index (χ2n) is 18.7. The fourth-order valence-electron chi connectivity index (χ4n) is 11.3. The smallest absolute Gasteiger partial charge is 0.164 e. The number of hydrogen-bond donors (Lipinski definition) is 0. The van der Waals surface area contributed by atoms with Crippen LogP contribution in [0, 0.1) is 0 Å². The number of rotatable bonds is 9. The zero-order valence-electron chi connectivity index (χ0n) is 40.2. The van der Waals surface area contributed by atoms with E-state index in [9.17, 15) is 0 Å². The zero-order chi connectivity index (χ0) is 47.7. The molecule has 0 saturated carbocycles. The maximum atomic E-state index is 5.58. The van der Waals surface area contributed by atoms with Gasteiger partial charge < -0.3 is 0 Å². The van der Waals surface area contributed by atoms with Crippen molar-refractivity contribution in [3.63, 3.8) is 0 Å². The Morgan fingerprint density at radius 2 is 1.08 bits per heavy atom. The molecule has 1 unspecified atom stereocenters. The van der Waals surface area contributed by atoms with Gasteiger partial charge in [-0.1, -0.05) is 201 Å². The summed E-state index contributed by atoms with van der Waals surface area (Å²) < 4.78 is 0. The van der Waals surface area contributed by atoms with Crippen molar-refractivity contribution in [2.24, 2.45) is 0 Å². The quantitative estimate of drug-likeness (QED) is 0.135. The van der Waals surface area contributed by atoms with Gasteiger partial charge in [0.2, 0.25) is 0 Å². The molecule has 0 aliphatic heterocycles. The van der Waals surface area contributed by atoms with E-state index in [-0.39, 0.29) is 0 Å². The maximum absolute atomic E-state index is 5.58. The Labute approximate surface area is 417 Å². The van der Waals surface area contributed by atoms with Crippen molar-refractivity contribution in [3.05, 3.63) is 287 Å². The van der Waals surface area contributed by atoms with E-state index in [0.29, 0.717) is 17.5 Å². The van der Waals surface area contributed by atoms with E-state index < -0.39 is 5.41 Å². The van der Waals surface area contributed by atoms with Crippen LogP contribution in [0.25, 0.3) is 72.9 Å². The van der Waals surface area contributed by atoms with Crippen molar-refractivity contribution in [2.75, 3.05) is 0 Å². The average molecular weight is 912 g/mol. The molecule has 1 aromatic heterocycles. The van der Waals surface area contributed by atoms with Gasteiger partial charge in [0.25, 0.3) is 0 Å². The molecule has 0 bridgehead atoms. The first-order chi connectivity index (χ1) is 35.1. The first kappa shape index (κ1) is 43.7. The molecule has 1 heterocycles. The Morgan fingerprint density at radius 3 is 1.79 bits per heavy atom. The molecule has 5 aliphatic carbocycles. The maximum Gasteiger partial charge on any atom is 0.164 e. The van der Waals surface area contributed by atoms with Crippen LogP contribution in [0.15, 0.2) is 248 Å². The second kappa shape index (κ2) is 18.8. The summed E-state index contributed by atoms with van der Waals surface area (Å²) in [7, 11) is 0. The SMILES string of the molecule is C/C=C\C=C(/CC)c1cc(-c2ccccc2)cc(-c2nc(C3=CC4=C(CC=C3)c3ccccc3C43C4=C(CC=CC=C4)c4ccccc43)nc(-c3cc(C4=CC=CCC=C4)cc(-c4ccccc4)c3)n2)c1. The van der Waals surface area contributed by atoms with Gasteiger partial charge in [-0.05, 0) is 164 Å². The van der Waals surface area contributed by atoms with Gasteiger partial charge in [-0.25, -0.2) is 15.0 Å². The largest absolute Gasteiger partial charge is 0.208 e. The lowest BCUT2D eigenvalue weighted by Crippen LogP contribution is -2.27. The van der Waals surface area contributed by atoms with E-state index in [1.165, 1.54) is 50.1 Å². The van der Waals surface area contributed by atoms with Crippen molar-refractivity contribution >= 4 is 27.9 Å². The number of fused-ring (bicyclic) bond motifs is 8. The predicted molar refractivity (Wildman–Crippen MR) is 298 cm³/mol. The van der Waals surface area contributed by atoms with Crippen LogP contribution in [0.1, 0.15) is 78.7 Å². The van der Waals surface area contributed by atoms with Gasteiger partial charge >= 0.3 is 0 Å². The van der Waals surface area contributed by atoms with Gasteiger partial charge in [-0.15, -0.1) is 0 Å². The molecule has 340 valence electrons. The highest BCUT2D eigenvalue weighted by Gasteiger charge is 2.52. The minimum atomic E-state index is -0.502. The molecule has 71 heavy (non-hydrogen) atoms. The first-order valence-electron chi connectivity index (χ1n) is 25.0. The number of hydrogen-bond acceptors (Lipinski definition) is 3. The summed E-state index contributed by atoms with van der Waals surface area (Å²) in [5, 5.41) is 0. The fraction of sp³-hybridized carbons (Fsp3) is 0.103. The summed E-state index contributed by atoms with van der Waals surface area (Å²) >= 11 is 0. The average Bonchev–Trinajstić information content (AvgIpc) is 3.70. The summed E-state index contributed by atoms with van der Waals surface area (Å²) in [6.45, 7) is 4.29. The summed E-state index contributed by atoms with van der Waals surface area (Å²) in [4.78, 5) is 16.7. The Kier molecular flexibility index (Phi) is 11.6. The van der Waals surface area contributed by atoms with Crippen LogP contribution in [-0.2, 0) is 5.41 Å². The van der Waals surface area contributed by atoms with Gasteiger partial charge in [0.1, 0.15) is 0 Å². The van der Waals surface area contributed by atoms with Gasteiger partial charge in [0.05, 0.1) is 5.41 Å². The highest BCUT2D eigenvalue weighted by atomic mass is 15.0. The van der Waals surface area contributed by atoms with Crippen LogP contribution < -0.4 is 0 Å². The molecule has 5 aliphatic rings. The van der Waals surface area contributed by atoms with E-state index >= 15 is 0 Å². The molecule has 3 nitrogen and oxygen atoms in total. The topological polar surface area (TPSA) is 38.7 Å². The van der Waals surface area contributed by atoms with Gasteiger partial charge in [0, 0.05) is 16.7 Å². The summed E-state index contributed by atoms with van der Waals surface area (Å²) in [5.74, 6) is 1.88. The minimum Gasteiger partial charge on any atom is -0.208 e. The number of nitrogens with zero attached hydrogens (tertiary/aromatic N) is 3. The van der Waals surface area contributed by atoms with Crippen LogP contribution in [-0.4, -0.2) is 15.0 Å². The van der Waals surface area contributed by atoms with Crippen molar-refractivity contribution in [3.8, 4) is 45.0 Å². The van der Waals surface area contributed by atoms with Gasteiger partial charge in [0.15, 0.2) is 17.5 Å². The monoisotopic (exact) mass is 911 g/mol. The predicted octanol–water partition coefficient (Wildman–Crippen LogP) is 17.2. The first-order valence-corrected chi connectivity index (χ1v) is 25.0. The molecule has 0 amide bonds. The third kappa shape index (κ3) is 7.84. The number of aromatic nitrogens is 3. The van der Waals surface area contributed by atoms with Crippen molar-refractivity contribution < 1.29 is 0 Å². The van der Waals surface area contributed by atoms with Crippen molar-refractivity contribution in [1.29, 1.82) is 0 Å². The third-order valence-electron chi connectivity index (χ3n) is 14.6. The van der Waals surface area contributed by atoms with Crippen LogP contribution in [0.4, 0.5) is 0 Å². The van der Waals surface area contributed by atoms with Crippen LogP contribution in [0.5, 0.6) is 0 Å². The zero-order valence-corrected chi connectivity index (χ0v) is 40.2. The van der Waals surface area contributed by atoms with Gasteiger partial charge in [-0.2, -0.15) is 0 Å². The fourth-order valence-corrected chi connectivity index (χ4v) is 11.3. The summed E-state index contributed by atoms with van der Waals surface area (Å²) in [6.07, 6.45) is 36.9. The van der Waals surface area contributed by atoms with Crippen LogP contribution in [0.2, 0.25) is 0 Å². The molecule has 0 N–H and O–H groups in total. The van der Waals surface area contributed by atoms with Gasteiger partial charge in [-0.3, -0.25) is 0 Å². The molecular formula is C68H53N3. The Morgan fingerprint density at radius 1 is 0.507 bits per heavy atom. The summed E-state index contributed by atoms with van der Waals surface area (Å²) in [6, 6.07) is 53.1. The van der Waals surface area contributed by atoms with Crippen molar-refractivity contribution in [2.45, 2.75) is 44.9 Å². The summed E-state index contributed by atoms with van der Waals surface area (Å²) in [5.41, 5.74) is 22.1. The lowest BCUT2D eigenvalue weighted by atomic mass is 9.68. The van der Waals surface area contributed by atoms with Crippen LogP contribution >= 0.6 is 0 Å². The Hall–Kier alpha value is -8.53. The molecule has 3 heteroatoms. The molecule has 0 saturated heterocycles. The normalized spacial score (nSPS) is 17.7. The highest BCUT2D eigenvalue weighted by molar-refractivity contribution is 5.99. The Bertz CT molecular complexity index is 3620. The highest BCUT2D eigenvalue weighted by Crippen LogP contribution is 2.63. The molecule has 0 radical (unpaired) electrons. The lowest BCUT2D eigenvalue weighted by molar-refractivity contribution is 0.778. The van der Waals surface area contributed by atoms with E-state index in [1.807, 2.05) is 0 Å². The third-order valence-corrected chi connectivity index (χ3v) is 14.6. The minimum absolute atomic E-state index is 0.502. The molecule has 12 rings (SSSR count). The molecule has 0 fully saturated rings. The van der Waals surface area contributed by atoms with E-state index in [0.717, 1.165) is 81.3 Å².